The molecule has 0 aromatic carbocycles. The van der Waals surface area contributed by atoms with Crippen LogP contribution in [0.4, 0.5) is 0 Å². The van der Waals surface area contributed by atoms with Gasteiger partial charge in [-0.05, 0) is 12.8 Å². The van der Waals surface area contributed by atoms with E-state index in [-0.39, 0.29) is 6.04 Å². The van der Waals surface area contributed by atoms with Crippen molar-refractivity contribution in [3.8, 4) is 0 Å². The quantitative estimate of drug-likeness (QED) is 0.516. The Morgan fingerprint density at radius 3 is 3.11 bits per heavy atom. The van der Waals surface area contributed by atoms with Crippen molar-refractivity contribution in [3.63, 3.8) is 0 Å². The van der Waals surface area contributed by atoms with Gasteiger partial charge in [-0.3, -0.25) is 4.99 Å². The average Bonchev–Trinajstić information content (AvgIpc) is 1.79. The topological polar surface area (TPSA) is 38.4 Å². The summed E-state index contributed by atoms with van der Waals surface area (Å²) >= 11 is 0. The monoisotopic (exact) mass is 126 g/mol. The highest BCUT2D eigenvalue weighted by Crippen LogP contribution is 2.04. The second-order valence-electron chi connectivity index (χ2n) is 2.57. The zero-order chi connectivity index (χ0) is 6.53. The predicted octanol–water partition coefficient (Wildman–Crippen LogP) is 0.958. The van der Waals surface area contributed by atoms with Crippen LogP contribution in [0.25, 0.3) is 0 Å². The molecule has 0 saturated heterocycles. The Hall–Kier alpha value is -0.370. The fraction of sp³-hybridized carbons (Fsp3) is 0.857. The Morgan fingerprint density at radius 1 is 1.33 bits per heavy atom. The zero-order valence-electron chi connectivity index (χ0n) is 5.71. The number of hydrogen-bond donors (Lipinski definition) is 1. The summed E-state index contributed by atoms with van der Waals surface area (Å²) in [5.74, 6) is 0. The fourth-order valence-electron chi connectivity index (χ4n) is 1.04. The van der Waals surface area contributed by atoms with Crippen LogP contribution in [0.3, 0.4) is 0 Å². The number of rotatable bonds is 0. The molecule has 0 aromatic rings. The lowest BCUT2D eigenvalue weighted by atomic mass is 10.1. The van der Waals surface area contributed by atoms with Crippen LogP contribution in [0.1, 0.15) is 25.7 Å². The second-order valence-corrected chi connectivity index (χ2v) is 2.57. The minimum Gasteiger partial charge on any atom is -0.323 e. The zero-order valence-corrected chi connectivity index (χ0v) is 5.71. The van der Waals surface area contributed by atoms with E-state index in [1.807, 2.05) is 6.21 Å². The van der Waals surface area contributed by atoms with Crippen LogP contribution in [0, 0.1) is 0 Å². The van der Waals surface area contributed by atoms with Crippen molar-refractivity contribution in [2.75, 3.05) is 6.54 Å². The molecule has 0 spiro atoms. The molecule has 0 aromatic heterocycles. The lowest BCUT2D eigenvalue weighted by Crippen LogP contribution is -2.22. The van der Waals surface area contributed by atoms with Crippen LogP contribution < -0.4 is 5.73 Å². The van der Waals surface area contributed by atoms with Gasteiger partial charge in [0, 0.05) is 18.8 Å². The van der Waals surface area contributed by atoms with Crippen LogP contribution in [0.15, 0.2) is 4.99 Å². The third kappa shape index (κ3) is 2.61. The van der Waals surface area contributed by atoms with Crippen molar-refractivity contribution in [3.05, 3.63) is 0 Å². The van der Waals surface area contributed by atoms with E-state index in [1.54, 1.807) is 0 Å². The van der Waals surface area contributed by atoms with Crippen LogP contribution >= 0.6 is 0 Å². The summed E-state index contributed by atoms with van der Waals surface area (Å²) in [6.07, 6.45) is 6.81. The summed E-state index contributed by atoms with van der Waals surface area (Å²) in [4.78, 5) is 4.16. The van der Waals surface area contributed by atoms with Crippen LogP contribution in [-0.2, 0) is 0 Å². The van der Waals surface area contributed by atoms with E-state index in [1.165, 1.54) is 19.3 Å². The maximum atomic E-state index is 5.65. The number of nitrogens with two attached hydrogens (primary N) is 1. The number of nitrogens with zero attached hydrogens (tertiary/aromatic N) is 1. The SMILES string of the molecule is NC1C=NCCCCC1. The minimum absolute atomic E-state index is 0.227. The van der Waals surface area contributed by atoms with Gasteiger partial charge in [0.2, 0.25) is 0 Å². The molecule has 0 radical (unpaired) electrons. The minimum atomic E-state index is 0.227. The molecule has 2 heteroatoms. The molecule has 9 heavy (non-hydrogen) atoms. The molecule has 0 aliphatic carbocycles. The molecule has 0 saturated carbocycles. The third-order valence-corrected chi connectivity index (χ3v) is 1.62. The molecular weight excluding hydrogens is 112 g/mol. The van der Waals surface area contributed by atoms with E-state index < -0.39 is 0 Å². The van der Waals surface area contributed by atoms with Crippen molar-refractivity contribution in [2.24, 2.45) is 10.7 Å². The Bertz CT molecular complexity index is 99.1. The molecule has 0 amide bonds. The third-order valence-electron chi connectivity index (χ3n) is 1.62. The molecule has 1 rings (SSSR count). The molecule has 0 fully saturated rings. The number of hydrogen-bond acceptors (Lipinski definition) is 2. The Morgan fingerprint density at radius 2 is 2.22 bits per heavy atom. The normalized spacial score (nSPS) is 29.2. The van der Waals surface area contributed by atoms with E-state index in [0.717, 1.165) is 13.0 Å². The molecule has 1 aliphatic heterocycles. The van der Waals surface area contributed by atoms with Gasteiger partial charge in [-0.2, -0.15) is 0 Å². The molecule has 1 heterocycles. The van der Waals surface area contributed by atoms with Crippen LogP contribution in [0.5, 0.6) is 0 Å². The van der Waals surface area contributed by atoms with E-state index in [9.17, 15) is 0 Å². The smallest absolute Gasteiger partial charge is 0.0395 e. The van der Waals surface area contributed by atoms with E-state index in [4.69, 9.17) is 5.73 Å². The van der Waals surface area contributed by atoms with Gasteiger partial charge in [0.25, 0.3) is 0 Å². The van der Waals surface area contributed by atoms with E-state index in [2.05, 4.69) is 4.99 Å². The van der Waals surface area contributed by atoms with Gasteiger partial charge in [-0.15, -0.1) is 0 Å². The summed E-state index contributed by atoms with van der Waals surface area (Å²) in [6, 6.07) is 0.227. The summed E-state index contributed by atoms with van der Waals surface area (Å²) < 4.78 is 0. The van der Waals surface area contributed by atoms with Crippen molar-refractivity contribution >= 4 is 6.21 Å². The second kappa shape index (κ2) is 3.62. The van der Waals surface area contributed by atoms with Gasteiger partial charge in [-0.25, -0.2) is 0 Å². The first-order valence-electron chi connectivity index (χ1n) is 3.65. The highest BCUT2D eigenvalue weighted by Gasteiger charge is 1.99. The Kier molecular flexibility index (Phi) is 2.71. The summed E-state index contributed by atoms with van der Waals surface area (Å²) in [5, 5.41) is 0. The molecule has 1 atom stereocenters. The number of aliphatic imine (C=N–C) groups is 1. The average molecular weight is 126 g/mol. The van der Waals surface area contributed by atoms with E-state index in [0.29, 0.717) is 0 Å². The molecular formula is C7H14N2. The maximum Gasteiger partial charge on any atom is 0.0395 e. The molecule has 2 N–H and O–H groups in total. The van der Waals surface area contributed by atoms with Crippen molar-refractivity contribution in [1.29, 1.82) is 0 Å². The van der Waals surface area contributed by atoms with Gasteiger partial charge in [0.15, 0.2) is 0 Å². The van der Waals surface area contributed by atoms with Gasteiger partial charge < -0.3 is 5.73 Å². The molecule has 0 bridgehead atoms. The van der Waals surface area contributed by atoms with Crippen LogP contribution in [-0.4, -0.2) is 18.8 Å². The first-order valence-corrected chi connectivity index (χ1v) is 3.65. The van der Waals surface area contributed by atoms with Gasteiger partial charge in [0.1, 0.15) is 0 Å². The fourth-order valence-corrected chi connectivity index (χ4v) is 1.04. The highest BCUT2D eigenvalue weighted by molar-refractivity contribution is 5.63. The summed E-state index contributed by atoms with van der Waals surface area (Å²) in [6.45, 7) is 0.980. The molecule has 1 aliphatic rings. The van der Waals surface area contributed by atoms with Gasteiger partial charge in [-0.1, -0.05) is 12.8 Å². The van der Waals surface area contributed by atoms with Crippen molar-refractivity contribution in [2.45, 2.75) is 31.7 Å². The maximum absolute atomic E-state index is 5.65. The Balaban J connectivity index is 2.30. The molecule has 52 valence electrons. The molecule has 2 nitrogen and oxygen atoms in total. The summed E-state index contributed by atoms with van der Waals surface area (Å²) in [7, 11) is 0. The predicted molar refractivity (Wildman–Crippen MR) is 39.8 cm³/mol. The molecule has 1 unspecified atom stereocenters. The van der Waals surface area contributed by atoms with Gasteiger partial charge in [0.05, 0.1) is 0 Å². The van der Waals surface area contributed by atoms with E-state index >= 15 is 0 Å². The first-order chi connectivity index (χ1) is 4.39. The first kappa shape index (κ1) is 6.75. The largest absolute Gasteiger partial charge is 0.323 e. The lowest BCUT2D eigenvalue weighted by Gasteiger charge is -2.07. The highest BCUT2D eigenvalue weighted by atomic mass is 14.8. The van der Waals surface area contributed by atoms with Crippen molar-refractivity contribution < 1.29 is 0 Å². The van der Waals surface area contributed by atoms with Crippen molar-refractivity contribution in [1.82, 2.24) is 0 Å². The lowest BCUT2D eigenvalue weighted by molar-refractivity contribution is 0.612. The van der Waals surface area contributed by atoms with Crippen LogP contribution in [0.2, 0.25) is 0 Å². The Labute approximate surface area is 56.2 Å². The summed E-state index contributed by atoms with van der Waals surface area (Å²) in [5.41, 5.74) is 5.65. The standard InChI is InChI=1S/C7H14N2/c8-7-4-2-1-3-5-9-6-7/h6-7H,1-5,8H2. The van der Waals surface area contributed by atoms with Gasteiger partial charge >= 0.3 is 0 Å².